The van der Waals surface area contributed by atoms with Gasteiger partial charge in [0.15, 0.2) is 0 Å². The van der Waals surface area contributed by atoms with Gasteiger partial charge in [0.05, 0.1) is 12.0 Å². The van der Waals surface area contributed by atoms with Gasteiger partial charge in [-0.2, -0.15) is 16.8 Å². The smallest absolute Gasteiger partial charge is 0.295 e. The minimum absolute atomic E-state index is 0.0177. The molecule has 0 radical (unpaired) electrons. The molecule has 1 unspecified atom stereocenters. The number of hydrogen-bond donors (Lipinski definition) is 4. The molecule has 8 nitrogen and oxygen atoms in total. The summed E-state index contributed by atoms with van der Waals surface area (Å²) in [6.07, 6.45) is 1.67. The molecule has 29 heavy (non-hydrogen) atoms. The van der Waals surface area contributed by atoms with E-state index >= 15 is 0 Å². The number of halogens is 2. The van der Waals surface area contributed by atoms with Crippen LogP contribution in [-0.4, -0.2) is 49.6 Å². The maximum Gasteiger partial charge on any atom is 0.295 e. The van der Waals surface area contributed by atoms with Gasteiger partial charge < -0.3 is 10.4 Å². The number of alkyl halides is 1. The lowest BCUT2D eigenvalue weighted by molar-refractivity contribution is 0.211. The lowest BCUT2D eigenvalue weighted by Crippen LogP contribution is -2.20. The average Bonchev–Trinajstić information content (AvgIpc) is 2.63. The zero-order valence-electron chi connectivity index (χ0n) is 14.7. The third kappa shape index (κ3) is 6.68. The van der Waals surface area contributed by atoms with Crippen molar-refractivity contribution in [1.82, 2.24) is 0 Å². The molecule has 0 saturated heterocycles. The summed E-state index contributed by atoms with van der Waals surface area (Å²) in [6, 6.07) is 7.81. The minimum atomic E-state index is -4.62. The summed E-state index contributed by atoms with van der Waals surface area (Å²) < 4.78 is 65.4. The predicted molar refractivity (Wildman–Crippen MR) is 112 cm³/mol. The van der Waals surface area contributed by atoms with Crippen LogP contribution in [0.4, 0.5) is 5.69 Å². The van der Waals surface area contributed by atoms with Crippen LogP contribution < -0.4 is 5.32 Å². The molecule has 0 spiro atoms. The van der Waals surface area contributed by atoms with E-state index in [9.17, 15) is 31.0 Å². The molecule has 2 aromatic rings. The highest BCUT2D eigenvalue weighted by Gasteiger charge is 2.17. The van der Waals surface area contributed by atoms with Crippen molar-refractivity contribution in [1.29, 1.82) is 0 Å². The van der Waals surface area contributed by atoms with Crippen LogP contribution in [0.1, 0.15) is 11.1 Å². The van der Waals surface area contributed by atoms with Crippen molar-refractivity contribution in [2.75, 3.05) is 17.7 Å². The summed E-state index contributed by atoms with van der Waals surface area (Å²) in [6.45, 7) is 0.0616. The van der Waals surface area contributed by atoms with Gasteiger partial charge in [0, 0.05) is 17.3 Å². The van der Waals surface area contributed by atoms with Crippen molar-refractivity contribution in [2.45, 2.75) is 15.9 Å². The Morgan fingerprint density at radius 2 is 1.45 bits per heavy atom. The summed E-state index contributed by atoms with van der Waals surface area (Å²) in [5.74, 6) is -0.0177. The molecule has 0 amide bonds. The van der Waals surface area contributed by atoms with E-state index in [2.05, 4.69) is 5.32 Å². The predicted octanol–water partition coefficient (Wildman–Crippen LogP) is 3.02. The van der Waals surface area contributed by atoms with Crippen LogP contribution in [0, 0.1) is 0 Å². The van der Waals surface area contributed by atoms with Gasteiger partial charge in [0.1, 0.15) is 9.79 Å². The van der Waals surface area contributed by atoms with Gasteiger partial charge in [0.2, 0.25) is 0 Å². The molecule has 12 heteroatoms. The van der Waals surface area contributed by atoms with Gasteiger partial charge >= 0.3 is 0 Å². The molecule has 0 saturated carbocycles. The lowest BCUT2D eigenvalue weighted by atomic mass is 10.1. The van der Waals surface area contributed by atoms with Crippen molar-refractivity contribution >= 4 is 61.3 Å². The van der Waals surface area contributed by atoms with Crippen LogP contribution in [0.25, 0.3) is 12.2 Å². The van der Waals surface area contributed by atoms with Gasteiger partial charge in [-0.3, -0.25) is 9.11 Å². The lowest BCUT2D eigenvalue weighted by Gasteiger charge is -2.12. The number of benzene rings is 2. The fourth-order valence-electron chi connectivity index (χ4n) is 2.34. The van der Waals surface area contributed by atoms with Crippen LogP contribution >= 0.6 is 23.2 Å². The Bertz CT molecular complexity index is 1130. The van der Waals surface area contributed by atoms with Gasteiger partial charge in [-0.05, 0) is 35.4 Å². The van der Waals surface area contributed by atoms with E-state index in [1.165, 1.54) is 36.4 Å². The van der Waals surface area contributed by atoms with Crippen LogP contribution in [-0.2, 0) is 20.2 Å². The molecule has 0 bridgehead atoms. The van der Waals surface area contributed by atoms with Gasteiger partial charge in [-0.1, -0.05) is 35.9 Å². The monoisotopic (exact) mass is 481 g/mol. The second-order valence-electron chi connectivity index (χ2n) is 5.91. The number of hydrogen-bond acceptors (Lipinski definition) is 6. The first-order chi connectivity index (χ1) is 13.4. The van der Waals surface area contributed by atoms with Crippen molar-refractivity contribution in [3.05, 3.63) is 52.5 Å². The Labute approximate surface area is 178 Å². The molecule has 1 atom stereocenters. The van der Waals surface area contributed by atoms with Crippen molar-refractivity contribution in [2.24, 2.45) is 0 Å². The highest BCUT2D eigenvalue weighted by atomic mass is 35.5. The quantitative estimate of drug-likeness (QED) is 0.256. The van der Waals surface area contributed by atoms with E-state index in [4.69, 9.17) is 23.2 Å². The molecule has 0 fully saturated rings. The summed E-state index contributed by atoms with van der Waals surface area (Å²) in [7, 11) is -9.19. The van der Waals surface area contributed by atoms with Crippen LogP contribution in [0.3, 0.4) is 0 Å². The van der Waals surface area contributed by atoms with Crippen molar-refractivity contribution < 1.29 is 31.0 Å². The molecule has 0 aliphatic heterocycles. The Morgan fingerprint density at radius 3 is 1.97 bits per heavy atom. The normalized spacial score (nSPS) is 13.6. The number of aliphatic hydroxyl groups excluding tert-OH is 1. The Balaban J connectivity index is 2.46. The second-order valence-corrected chi connectivity index (χ2v) is 9.43. The maximum absolute atomic E-state index is 11.8. The maximum atomic E-state index is 11.8. The van der Waals surface area contributed by atoms with E-state index in [0.29, 0.717) is 5.69 Å². The first-order valence-electron chi connectivity index (χ1n) is 7.96. The molecule has 158 valence electrons. The first kappa shape index (κ1) is 23.6. The van der Waals surface area contributed by atoms with E-state index in [1.54, 1.807) is 0 Å². The molecule has 2 aromatic carbocycles. The zero-order chi connectivity index (χ0) is 21.8. The van der Waals surface area contributed by atoms with E-state index in [1.807, 2.05) is 0 Å². The molecule has 0 aliphatic rings. The molecular weight excluding hydrogens is 465 g/mol. The summed E-state index contributed by atoms with van der Waals surface area (Å²) in [5, 5.41) is 12.3. The Hall–Kier alpha value is -1.66. The number of nitrogens with one attached hydrogen (secondary N) is 1. The summed E-state index contributed by atoms with van der Waals surface area (Å²) >= 11 is 11.3. The average molecular weight is 482 g/mol. The van der Waals surface area contributed by atoms with Crippen molar-refractivity contribution in [3.63, 3.8) is 0 Å². The molecule has 0 aliphatic carbocycles. The molecular formula is C17H17Cl2NO7S2. The largest absolute Gasteiger partial charge is 0.390 e. The highest BCUT2D eigenvalue weighted by Crippen LogP contribution is 2.26. The first-order valence-corrected chi connectivity index (χ1v) is 11.8. The number of anilines is 1. The minimum Gasteiger partial charge on any atom is -0.390 e. The molecule has 0 heterocycles. The SMILES string of the molecule is O=S(=O)(O)c1cc(Cl)ccc1C=Cc1ccc(NCC(O)CCl)cc1S(=O)(=O)O. The van der Waals surface area contributed by atoms with Crippen LogP contribution in [0.15, 0.2) is 46.2 Å². The Kier molecular flexibility index (Phi) is 7.68. The fourth-order valence-corrected chi connectivity index (χ4v) is 4.11. The number of aliphatic hydroxyl groups is 1. The van der Waals surface area contributed by atoms with Crippen LogP contribution in [0.5, 0.6) is 0 Å². The third-order valence-corrected chi connectivity index (χ3v) is 6.12. The van der Waals surface area contributed by atoms with E-state index < -0.39 is 36.1 Å². The topological polar surface area (TPSA) is 141 Å². The zero-order valence-corrected chi connectivity index (χ0v) is 17.8. The van der Waals surface area contributed by atoms with E-state index in [-0.39, 0.29) is 28.6 Å². The molecule has 4 N–H and O–H groups in total. The third-order valence-electron chi connectivity index (χ3n) is 3.71. The second kappa shape index (κ2) is 9.43. The van der Waals surface area contributed by atoms with Gasteiger partial charge in [0.25, 0.3) is 20.2 Å². The fraction of sp³-hybridized carbons (Fsp3) is 0.176. The molecule has 0 aromatic heterocycles. The highest BCUT2D eigenvalue weighted by molar-refractivity contribution is 7.86. The summed E-state index contributed by atoms with van der Waals surface area (Å²) in [5.41, 5.74) is 0.432. The van der Waals surface area contributed by atoms with Crippen molar-refractivity contribution in [3.8, 4) is 0 Å². The van der Waals surface area contributed by atoms with E-state index in [0.717, 1.165) is 12.1 Å². The molecule has 2 rings (SSSR count). The Morgan fingerprint density at radius 1 is 0.931 bits per heavy atom. The standard InChI is InChI=1S/C17H17Cl2NO7S2/c18-9-15(21)10-20-14-6-4-12(17(8-14)29(25,26)27)2-1-11-3-5-13(19)7-16(11)28(22,23)24/h1-8,15,20-21H,9-10H2,(H,22,23,24)(H,25,26,27). The van der Waals surface area contributed by atoms with Gasteiger partial charge in [-0.25, -0.2) is 0 Å². The van der Waals surface area contributed by atoms with Crippen LogP contribution in [0.2, 0.25) is 5.02 Å². The van der Waals surface area contributed by atoms with Gasteiger partial charge in [-0.15, -0.1) is 11.6 Å². The summed E-state index contributed by atoms with van der Waals surface area (Å²) in [4.78, 5) is -0.899. The number of rotatable bonds is 8.